The summed E-state index contributed by atoms with van der Waals surface area (Å²) in [6, 6.07) is 5.10. The second kappa shape index (κ2) is 12.1. The number of ether oxygens (including phenoxy) is 3. The zero-order chi connectivity index (χ0) is 35.7. The van der Waals surface area contributed by atoms with Crippen LogP contribution in [0.4, 0.5) is 16.2 Å². The lowest BCUT2D eigenvalue weighted by atomic mass is 9.39. The number of carboxylic acid groups (broad SMARTS) is 1. The third kappa shape index (κ3) is 6.49. The van der Waals surface area contributed by atoms with Crippen LogP contribution >= 0.6 is 0 Å². The van der Waals surface area contributed by atoms with Crippen LogP contribution in [0.1, 0.15) is 84.4 Å². The summed E-state index contributed by atoms with van der Waals surface area (Å²) < 4.78 is 20.4. The molecule has 2 aromatic rings. The van der Waals surface area contributed by atoms with Crippen molar-refractivity contribution in [2.75, 3.05) is 43.6 Å². The molecule has 3 atom stereocenters. The number of benzene rings is 1. The van der Waals surface area contributed by atoms with Gasteiger partial charge in [0.2, 0.25) is 0 Å². The lowest BCUT2D eigenvalue weighted by molar-refractivity contribution is -0.248. The first-order valence-electron chi connectivity index (χ1n) is 18.0. The second-order valence-corrected chi connectivity index (χ2v) is 17.5. The van der Waals surface area contributed by atoms with Crippen molar-refractivity contribution in [3.05, 3.63) is 53.9 Å². The first-order chi connectivity index (χ1) is 23.5. The molecule has 2 N–H and O–H groups in total. The number of nitrogens with one attached hydrogen (secondary N) is 1. The predicted octanol–water partition coefficient (Wildman–Crippen LogP) is 6.87. The summed E-state index contributed by atoms with van der Waals surface area (Å²) in [6.45, 7) is 15.5. The maximum Gasteiger partial charge on any atom is 0.410 e. The number of aromatic nitrogens is 2. The van der Waals surface area contributed by atoms with Crippen molar-refractivity contribution in [2.24, 2.45) is 16.2 Å². The minimum atomic E-state index is -0.920. The van der Waals surface area contributed by atoms with E-state index in [2.05, 4.69) is 30.8 Å². The highest BCUT2D eigenvalue weighted by Gasteiger charge is 2.66. The number of carboxylic acids is 1. The first kappa shape index (κ1) is 34.5. The average molecular weight is 688 g/mol. The lowest BCUT2D eigenvalue weighted by Gasteiger charge is -2.69. The van der Waals surface area contributed by atoms with Crippen LogP contribution < -0.4 is 15.0 Å². The molecule has 3 unspecified atom stereocenters. The van der Waals surface area contributed by atoms with E-state index in [0.29, 0.717) is 19.8 Å². The summed E-state index contributed by atoms with van der Waals surface area (Å²) in [7, 11) is 1.77. The molecule has 11 nitrogen and oxygen atoms in total. The Kier molecular flexibility index (Phi) is 8.31. The van der Waals surface area contributed by atoms with E-state index in [-0.39, 0.29) is 27.9 Å². The molecule has 0 radical (unpaired) electrons. The number of fused-ring (bicyclic) bond motifs is 1. The summed E-state index contributed by atoms with van der Waals surface area (Å²) in [5.41, 5.74) is 3.82. The SMILES string of the molecule is Cc1c(N2C(c3ccc4c(c3)NCCO4)=CC=CC2C(=O)O)cnn1CC12CC3(C)CC(C)(C1)CC(OCCN(C)C(=O)OC(C)(C)C)(C3)C2. The van der Waals surface area contributed by atoms with Crippen molar-refractivity contribution in [1.82, 2.24) is 14.7 Å². The van der Waals surface area contributed by atoms with E-state index < -0.39 is 17.6 Å². The lowest BCUT2D eigenvalue weighted by Crippen LogP contribution is -2.64. The minimum Gasteiger partial charge on any atom is -0.490 e. The van der Waals surface area contributed by atoms with Crippen molar-refractivity contribution in [3.63, 3.8) is 0 Å². The second-order valence-electron chi connectivity index (χ2n) is 17.5. The summed E-state index contributed by atoms with van der Waals surface area (Å²) in [6.07, 6.45) is 13.4. The summed E-state index contributed by atoms with van der Waals surface area (Å²) in [5.74, 6) is -0.121. The van der Waals surface area contributed by atoms with Crippen molar-refractivity contribution in [2.45, 2.75) is 104 Å². The Morgan fingerprint density at radius 2 is 1.86 bits per heavy atom. The minimum absolute atomic E-state index is 0.0137. The van der Waals surface area contributed by atoms with E-state index in [0.717, 1.165) is 79.3 Å². The van der Waals surface area contributed by atoms with E-state index in [1.165, 1.54) is 6.42 Å². The highest BCUT2D eigenvalue weighted by Crippen LogP contribution is 2.72. The van der Waals surface area contributed by atoms with Gasteiger partial charge in [-0.05, 0) is 107 Å². The Morgan fingerprint density at radius 3 is 2.56 bits per heavy atom. The van der Waals surface area contributed by atoms with Gasteiger partial charge in [-0.3, -0.25) is 4.68 Å². The van der Waals surface area contributed by atoms with Crippen molar-refractivity contribution in [3.8, 4) is 5.75 Å². The molecule has 1 amide bonds. The monoisotopic (exact) mass is 687 g/mol. The van der Waals surface area contributed by atoms with E-state index in [1.807, 2.05) is 62.2 Å². The number of carbonyl (C=O) groups is 2. The molecule has 11 heteroatoms. The van der Waals surface area contributed by atoms with Crippen LogP contribution in [0, 0.1) is 23.2 Å². The maximum atomic E-state index is 12.7. The zero-order valence-electron chi connectivity index (χ0n) is 30.7. The highest BCUT2D eigenvalue weighted by atomic mass is 16.6. The number of aliphatic carboxylic acids is 1. The van der Waals surface area contributed by atoms with Crippen LogP contribution in [-0.2, 0) is 20.8 Å². The number of amides is 1. The summed E-state index contributed by atoms with van der Waals surface area (Å²) in [5, 5.41) is 18.7. The molecule has 4 aliphatic carbocycles. The van der Waals surface area contributed by atoms with Crippen molar-refractivity contribution >= 4 is 29.1 Å². The fraction of sp³-hybridized carbons (Fsp3) is 0.615. The van der Waals surface area contributed by atoms with Crippen LogP contribution in [0.5, 0.6) is 5.75 Å². The van der Waals surface area contributed by atoms with Gasteiger partial charge in [-0.25, -0.2) is 9.59 Å². The van der Waals surface area contributed by atoms with Gasteiger partial charge in [-0.15, -0.1) is 0 Å². The predicted molar refractivity (Wildman–Crippen MR) is 192 cm³/mol. The normalized spacial score (nSPS) is 31.1. The maximum absolute atomic E-state index is 12.7. The van der Waals surface area contributed by atoms with Gasteiger partial charge >= 0.3 is 12.1 Å². The highest BCUT2D eigenvalue weighted by molar-refractivity contribution is 5.93. The van der Waals surface area contributed by atoms with E-state index in [1.54, 1.807) is 18.0 Å². The Morgan fingerprint density at radius 1 is 1.12 bits per heavy atom. The van der Waals surface area contributed by atoms with Gasteiger partial charge in [0, 0.05) is 37.9 Å². The van der Waals surface area contributed by atoms with Gasteiger partial charge in [0.1, 0.15) is 18.0 Å². The third-order valence-electron chi connectivity index (χ3n) is 11.3. The smallest absolute Gasteiger partial charge is 0.410 e. The van der Waals surface area contributed by atoms with E-state index >= 15 is 0 Å². The number of carbonyl (C=O) groups excluding carboxylic acids is 1. The Labute approximate surface area is 295 Å². The van der Waals surface area contributed by atoms with Gasteiger partial charge in [-0.1, -0.05) is 26.0 Å². The van der Waals surface area contributed by atoms with Crippen LogP contribution in [0.15, 0.2) is 42.6 Å². The molecular weight excluding hydrogens is 634 g/mol. The van der Waals surface area contributed by atoms with Crippen molar-refractivity contribution in [1.29, 1.82) is 0 Å². The average Bonchev–Trinajstić information content (AvgIpc) is 3.35. The molecule has 8 rings (SSSR count). The molecule has 1 aromatic carbocycles. The number of allylic oxidation sites excluding steroid dienone is 2. The van der Waals surface area contributed by atoms with Gasteiger partial charge in [0.25, 0.3) is 0 Å². The molecule has 1 aromatic heterocycles. The molecule has 4 saturated carbocycles. The molecule has 0 saturated heterocycles. The quantitative estimate of drug-likeness (QED) is 0.291. The number of hydrogen-bond donors (Lipinski definition) is 2. The number of likely N-dealkylation sites (N-methyl/N-ethyl adjacent to an activating group) is 1. The first-order valence-corrected chi connectivity index (χ1v) is 18.0. The Hall–Kier alpha value is -3.99. The number of hydrogen-bond acceptors (Lipinski definition) is 8. The molecule has 2 aliphatic heterocycles. The summed E-state index contributed by atoms with van der Waals surface area (Å²) in [4.78, 5) is 28.8. The summed E-state index contributed by atoms with van der Waals surface area (Å²) >= 11 is 0. The largest absolute Gasteiger partial charge is 0.490 e. The molecule has 0 spiro atoms. The van der Waals surface area contributed by atoms with E-state index in [4.69, 9.17) is 19.3 Å². The topological polar surface area (TPSA) is 118 Å². The molecular formula is C39H53N5O6. The Balaban J connectivity index is 1.14. The molecule has 4 fully saturated rings. The fourth-order valence-corrected chi connectivity index (χ4v) is 10.7. The molecule has 4 bridgehead atoms. The number of rotatable bonds is 9. The van der Waals surface area contributed by atoms with Gasteiger partial charge < -0.3 is 34.4 Å². The Bertz CT molecular complexity index is 1720. The van der Waals surface area contributed by atoms with Crippen LogP contribution in [0.3, 0.4) is 0 Å². The molecule has 270 valence electrons. The zero-order valence-corrected chi connectivity index (χ0v) is 30.7. The van der Waals surface area contributed by atoms with Crippen LogP contribution in [0.25, 0.3) is 5.70 Å². The van der Waals surface area contributed by atoms with E-state index in [9.17, 15) is 14.7 Å². The number of nitrogens with zero attached hydrogens (tertiary/aromatic N) is 4. The number of anilines is 2. The van der Waals surface area contributed by atoms with Crippen LogP contribution in [-0.4, -0.2) is 82.4 Å². The molecule has 6 aliphatic rings. The van der Waals surface area contributed by atoms with Gasteiger partial charge in [0.05, 0.1) is 35.5 Å². The van der Waals surface area contributed by atoms with Crippen molar-refractivity contribution < 1.29 is 28.9 Å². The van der Waals surface area contributed by atoms with Gasteiger partial charge in [-0.2, -0.15) is 5.10 Å². The third-order valence-corrected chi connectivity index (χ3v) is 11.3. The van der Waals surface area contributed by atoms with Gasteiger partial charge in [0.15, 0.2) is 6.04 Å². The standard InChI is InChI=1S/C39H53N5O6/c1-26-31(44-29(9-8-10-30(44)33(45)46)27-11-12-32-28(17-27)40-13-15-48-32)18-41-43(26)25-38-20-36(5)19-37(6,21-38)23-39(22-36,24-38)49-16-14-42(7)34(47)50-35(2,3)4/h8-12,17-18,30,40H,13-16,19-25H2,1-7H3,(H,45,46). The fourth-order valence-electron chi connectivity index (χ4n) is 10.7. The molecule has 50 heavy (non-hydrogen) atoms. The molecule has 3 heterocycles. The van der Waals surface area contributed by atoms with Crippen LogP contribution in [0.2, 0.25) is 0 Å².